The van der Waals surface area contributed by atoms with Crippen molar-refractivity contribution in [3.8, 4) is 53.8 Å². The smallest absolute Gasteiger partial charge is 0.163 e. The SMILES string of the molecule is C#Cc1cccc(N)c1.C#Cc1cccc(Nc2ncnc3cc(OCCOC)c(OCCOC)cc23)c1.COCCOc1cc(N)c(C#N)cc1OCCOC.Cl.Cl. The highest BCUT2D eigenvalue weighted by molar-refractivity contribution is 5.93. The summed E-state index contributed by atoms with van der Waals surface area (Å²) < 4.78 is 42.6. The zero-order valence-corrected chi connectivity index (χ0v) is 35.0. The normalized spacial score (nSPS) is 9.64. The number of terminal acetylenes is 2. The molecule has 0 aliphatic carbocycles. The lowest BCUT2D eigenvalue weighted by Gasteiger charge is -2.15. The number of nitrogens with one attached hydrogen (secondary N) is 1. The molecule has 0 bridgehead atoms. The number of methoxy groups -OCH3 is 4. The molecule has 59 heavy (non-hydrogen) atoms. The Bertz CT molecular complexity index is 2140. The molecule has 0 saturated heterocycles. The molecule has 0 radical (unpaired) electrons. The van der Waals surface area contributed by atoms with Crippen LogP contribution in [0, 0.1) is 36.0 Å². The number of hydrogen-bond donors (Lipinski definition) is 3. The van der Waals surface area contributed by atoms with Crippen LogP contribution in [0.2, 0.25) is 0 Å². The van der Waals surface area contributed by atoms with Crippen molar-refractivity contribution in [1.29, 1.82) is 5.26 Å². The molecule has 16 heteroatoms. The third-order valence-corrected chi connectivity index (χ3v) is 7.46. The lowest BCUT2D eigenvalue weighted by atomic mass is 10.2. The van der Waals surface area contributed by atoms with Gasteiger partial charge in [0.05, 0.1) is 43.2 Å². The first-order valence-electron chi connectivity index (χ1n) is 17.6. The molecule has 5 rings (SSSR count). The fraction of sp³-hybridized carbons (Fsp3) is 0.279. The molecule has 5 N–H and O–H groups in total. The minimum absolute atomic E-state index is 0. The van der Waals surface area contributed by atoms with Crippen molar-refractivity contribution in [3.05, 3.63) is 95.8 Å². The predicted octanol–water partition coefficient (Wildman–Crippen LogP) is 6.69. The molecule has 14 nitrogen and oxygen atoms in total. The van der Waals surface area contributed by atoms with Crippen molar-refractivity contribution in [3.63, 3.8) is 0 Å². The van der Waals surface area contributed by atoms with Gasteiger partial charge in [0.1, 0.15) is 44.6 Å². The van der Waals surface area contributed by atoms with E-state index in [0.717, 1.165) is 27.7 Å². The quantitative estimate of drug-likeness (QED) is 0.0481. The van der Waals surface area contributed by atoms with E-state index in [4.69, 9.17) is 67.5 Å². The summed E-state index contributed by atoms with van der Waals surface area (Å²) in [6.07, 6.45) is 12.1. The molecule has 0 aliphatic heterocycles. The average molecular weight is 850 g/mol. The third kappa shape index (κ3) is 17.5. The van der Waals surface area contributed by atoms with Gasteiger partial charge in [-0.1, -0.05) is 24.0 Å². The zero-order valence-electron chi connectivity index (χ0n) is 33.4. The number of halogens is 2. The van der Waals surface area contributed by atoms with E-state index in [9.17, 15) is 0 Å². The number of ether oxygens (including phenoxy) is 8. The molecule has 1 aromatic heterocycles. The summed E-state index contributed by atoms with van der Waals surface area (Å²) >= 11 is 0. The summed E-state index contributed by atoms with van der Waals surface area (Å²) in [6, 6.07) is 23.7. The van der Waals surface area contributed by atoms with Gasteiger partial charge in [-0.15, -0.1) is 37.7 Å². The van der Waals surface area contributed by atoms with Gasteiger partial charge in [-0.25, -0.2) is 9.97 Å². The second-order valence-electron chi connectivity index (χ2n) is 11.5. The van der Waals surface area contributed by atoms with Crippen molar-refractivity contribution < 1.29 is 37.9 Å². The second-order valence-corrected chi connectivity index (χ2v) is 11.5. The van der Waals surface area contributed by atoms with Gasteiger partial charge >= 0.3 is 0 Å². The first-order valence-corrected chi connectivity index (χ1v) is 17.6. The lowest BCUT2D eigenvalue weighted by molar-refractivity contribution is 0.132. The fourth-order valence-corrected chi connectivity index (χ4v) is 4.68. The maximum Gasteiger partial charge on any atom is 0.163 e. The van der Waals surface area contributed by atoms with Gasteiger partial charge in [-0.2, -0.15) is 5.26 Å². The van der Waals surface area contributed by atoms with Crippen LogP contribution in [0.5, 0.6) is 23.0 Å². The monoisotopic (exact) mass is 848 g/mol. The molecule has 314 valence electrons. The Morgan fingerprint density at radius 1 is 0.610 bits per heavy atom. The van der Waals surface area contributed by atoms with Gasteiger partial charge in [0.2, 0.25) is 0 Å². The molecule has 0 spiro atoms. The van der Waals surface area contributed by atoms with Crippen LogP contribution in [0.3, 0.4) is 0 Å². The number of hydrogen-bond acceptors (Lipinski definition) is 14. The lowest BCUT2D eigenvalue weighted by Crippen LogP contribution is -2.09. The topological polar surface area (TPSA) is 187 Å². The van der Waals surface area contributed by atoms with E-state index < -0.39 is 0 Å². The molecule has 5 aromatic rings. The van der Waals surface area contributed by atoms with Crippen LogP contribution in [0.15, 0.2) is 79.1 Å². The summed E-state index contributed by atoms with van der Waals surface area (Å²) in [5.74, 6) is 7.89. The highest BCUT2D eigenvalue weighted by Gasteiger charge is 2.14. The molecule has 4 aromatic carbocycles. The Labute approximate surface area is 358 Å². The molecule has 1 heterocycles. The number of nitrogens with zero attached hydrogens (tertiary/aromatic N) is 3. The van der Waals surface area contributed by atoms with Gasteiger partial charge in [0.25, 0.3) is 0 Å². The van der Waals surface area contributed by atoms with E-state index >= 15 is 0 Å². The van der Waals surface area contributed by atoms with Crippen molar-refractivity contribution in [2.75, 3.05) is 98.1 Å². The highest BCUT2D eigenvalue weighted by Crippen LogP contribution is 2.35. The molecule has 0 saturated carbocycles. The number of anilines is 4. The maximum absolute atomic E-state index is 8.95. The third-order valence-electron chi connectivity index (χ3n) is 7.46. The van der Waals surface area contributed by atoms with E-state index in [0.29, 0.717) is 98.6 Å². The van der Waals surface area contributed by atoms with Gasteiger partial charge in [0.15, 0.2) is 23.0 Å². The van der Waals surface area contributed by atoms with Crippen LogP contribution in [0.1, 0.15) is 16.7 Å². The van der Waals surface area contributed by atoms with Gasteiger partial charge in [-0.05, 0) is 42.5 Å². The zero-order chi connectivity index (χ0) is 41.3. The first kappa shape index (κ1) is 50.9. The molecule has 0 atom stereocenters. The Morgan fingerprint density at radius 3 is 1.59 bits per heavy atom. The van der Waals surface area contributed by atoms with Crippen molar-refractivity contribution in [1.82, 2.24) is 9.97 Å². The first-order chi connectivity index (χ1) is 27.8. The summed E-state index contributed by atoms with van der Waals surface area (Å²) in [5, 5.41) is 13.0. The van der Waals surface area contributed by atoms with E-state index in [2.05, 4.69) is 27.1 Å². The Morgan fingerprint density at radius 2 is 1.10 bits per heavy atom. The Balaban J connectivity index is 0.000000498. The number of nitriles is 1. The van der Waals surface area contributed by atoms with Crippen LogP contribution < -0.4 is 35.7 Å². The van der Waals surface area contributed by atoms with Crippen LogP contribution in [0.25, 0.3) is 10.9 Å². The predicted molar refractivity (Wildman–Crippen MR) is 236 cm³/mol. The molecular formula is C43H50Cl2N6O8. The van der Waals surface area contributed by atoms with Crippen molar-refractivity contribution >= 4 is 58.6 Å². The number of fused-ring (bicyclic) bond motifs is 1. The Hall–Kier alpha value is -6.15. The van der Waals surface area contributed by atoms with Crippen LogP contribution in [-0.2, 0) is 18.9 Å². The van der Waals surface area contributed by atoms with Gasteiger partial charge < -0.3 is 54.7 Å². The number of benzene rings is 4. The van der Waals surface area contributed by atoms with Crippen LogP contribution in [-0.4, -0.2) is 91.3 Å². The molecular weight excluding hydrogens is 799 g/mol. The largest absolute Gasteiger partial charge is 0.487 e. The maximum atomic E-state index is 8.95. The van der Waals surface area contributed by atoms with Crippen molar-refractivity contribution in [2.24, 2.45) is 0 Å². The van der Waals surface area contributed by atoms with E-state index in [-0.39, 0.29) is 24.8 Å². The molecule has 0 aliphatic rings. The average Bonchev–Trinajstić information content (AvgIpc) is 3.22. The minimum Gasteiger partial charge on any atom is -0.487 e. The summed E-state index contributed by atoms with van der Waals surface area (Å²) in [6.45, 7) is 3.37. The Kier molecular flexibility index (Phi) is 25.1. The molecule has 0 fully saturated rings. The van der Waals surface area contributed by atoms with Gasteiger partial charge in [-0.3, -0.25) is 0 Å². The number of nitrogen functional groups attached to an aromatic ring is 2. The van der Waals surface area contributed by atoms with Crippen LogP contribution in [0.4, 0.5) is 22.9 Å². The van der Waals surface area contributed by atoms with Gasteiger partial charge in [0, 0.05) is 74.5 Å². The standard InChI is InChI=1S/C22H23N3O4.C13H18N2O4.C8H7N.2ClH/c1-4-16-6-5-7-17(12-16)25-22-18-13-20(28-10-8-26-2)21(29-11-9-27-3)14-19(18)23-15-24-22;1-16-3-5-18-12-7-10(9-14)11(15)8-13(12)19-6-4-17-2;1-2-7-4-3-5-8(9)6-7;;/h1,5-7,12-15H,8-11H2,2-3H3,(H,23,24,25);7-8H,3-6,15H2,1-2H3;1,3-6H,9H2;2*1H. The van der Waals surface area contributed by atoms with E-state index in [1.807, 2.05) is 54.6 Å². The number of rotatable bonds is 18. The summed E-state index contributed by atoms with van der Waals surface area (Å²) in [4.78, 5) is 8.75. The van der Waals surface area contributed by atoms with Crippen LogP contribution >= 0.6 is 24.8 Å². The molecule has 0 unspecified atom stereocenters. The highest BCUT2D eigenvalue weighted by atomic mass is 35.5. The summed E-state index contributed by atoms with van der Waals surface area (Å²) in [7, 11) is 6.43. The molecule has 0 amide bonds. The summed E-state index contributed by atoms with van der Waals surface area (Å²) in [5.41, 5.74) is 15.8. The van der Waals surface area contributed by atoms with Crippen molar-refractivity contribution in [2.45, 2.75) is 0 Å². The number of nitrogens with two attached hydrogens (primary N) is 2. The van der Waals surface area contributed by atoms with E-state index in [1.54, 1.807) is 52.7 Å². The minimum atomic E-state index is 0. The fourth-order valence-electron chi connectivity index (χ4n) is 4.68. The number of aromatic nitrogens is 2. The van der Waals surface area contributed by atoms with E-state index in [1.165, 1.54) is 6.33 Å². The second kappa shape index (κ2) is 29.1.